The number of carbonyl (C=O) groups excluding carboxylic acids is 1. The predicted octanol–water partition coefficient (Wildman–Crippen LogP) is 1.58. The van der Waals surface area contributed by atoms with Crippen molar-refractivity contribution in [3.05, 3.63) is 59.7 Å². The lowest BCUT2D eigenvalue weighted by Crippen LogP contribution is -2.20. The van der Waals surface area contributed by atoms with Crippen molar-refractivity contribution in [3.63, 3.8) is 0 Å². The molecule has 23 heavy (non-hydrogen) atoms. The van der Waals surface area contributed by atoms with Gasteiger partial charge in [0.1, 0.15) is 5.75 Å². The fourth-order valence-electron chi connectivity index (χ4n) is 1.99. The number of aromatic hydroxyl groups is 1. The molecule has 6 heteroatoms. The molecule has 1 amide bonds. The standard InChI is InChI=1S/C17H19N3O3/c1-20(10-11-21)14-8-6-13(7-9-14)12-18-19-17(23)15-4-2-3-5-16(15)22/h2-9,12,21-22H,10-11H2,1H3,(H,19,23). The third-order valence-corrected chi connectivity index (χ3v) is 3.30. The van der Waals surface area contributed by atoms with Crippen LogP contribution in [0.25, 0.3) is 0 Å². The first-order chi connectivity index (χ1) is 11.1. The third-order valence-electron chi connectivity index (χ3n) is 3.30. The van der Waals surface area contributed by atoms with E-state index in [1.165, 1.54) is 18.3 Å². The largest absolute Gasteiger partial charge is 0.507 e. The van der Waals surface area contributed by atoms with Gasteiger partial charge in [0.25, 0.3) is 5.91 Å². The third kappa shape index (κ3) is 4.55. The summed E-state index contributed by atoms with van der Waals surface area (Å²) >= 11 is 0. The van der Waals surface area contributed by atoms with Crippen molar-refractivity contribution >= 4 is 17.8 Å². The number of anilines is 1. The maximum absolute atomic E-state index is 11.9. The maximum Gasteiger partial charge on any atom is 0.275 e. The van der Waals surface area contributed by atoms with E-state index in [2.05, 4.69) is 10.5 Å². The highest BCUT2D eigenvalue weighted by molar-refractivity contribution is 5.97. The Morgan fingerprint density at radius 3 is 2.57 bits per heavy atom. The van der Waals surface area contributed by atoms with Crippen LogP contribution in [0.5, 0.6) is 5.75 Å². The van der Waals surface area contributed by atoms with Crippen LogP contribution >= 0.6 is 0 Å². The SMILES string of the molecule is CN(CCO)c1ccc(C=NNC(=O)c2ccccc2O)cc1. The highest BCUT2D eigenvalue weighted by Crippen LogP contribution is 2.15. The molecule has 2 aromatic rings. The van der Waals surface area contributed by atoms with Gasteiger partial charge >= 0.3 is 0 Å². The van der Waals surface area contributed by atoms with Gasteiger partial charge in [-0.15, -0.1) is 0 Å². The Bertz CT molecular complexity index is 684. The fourth-order valence-corrected chi connectivity index (χ4v) is 1.99. The van der Waals surface area contributed by atoms with Crippen molar-refractivity contribution < 1.29 is 15.0 Å². The lowest BCUT2D eigenvalue weighted by molar-refractivity contribution is 0.0952. The van der Waals surface area contributed by atoms with E-state index < -0.39 is 5.91 Å². The van der Waals surface area contributed by atoms with Gasteiger partial charge in [-0.05, 0) is 29.8 Å². The molecule has 0 spiro atoms. The van der Waals surface area contributed by atoms with Crippen molar-refractivity contribution in [2.75, 3.05) is 25.1 Å². The number of para-hydroxylation sites is 1. The van der Waals surface area contributed by atoms with E-state index in [1.54, 1.807) is 12.1 Å². The molecule has 0 radical (unpaired) electrons. The number of phenols is 1. The van der Waals surface area contributed by atoms with Crippen molar-refractivity contribution in [1.82, 2.24) is 5.43 Å². The number of nitrogens with one attached hydrogen (secondary N) is 1. The van der Waals surface area contributed by atoms with Crippen LogP contribution in [-0.4, -0.2) is 42.5 Å². The van der Waals surface area contributed by atoms with Gasteiger partial charge in [0.15, 0.2) is 0 Å². The number of benzene rings is 2. The molecule has 0 saturated heterocycles. The first-order valence-electron chi connectivity index (χ1n) is 7.15. The van der Waals surface area contributed by atoms with E-state index >= 15 is 0 Å². The zero-order valence-corrected chi connectivity index (χ0v) is 12.8. The average molecular weight is 313 g/mol. The molecule has 2 aromatic carbocycles. The van der Waals surface area contributed by atoms with E-state index in [9.17, 15) is 9.90 Å². The Labute approximate surface area is 134 Å². The Kier molecular flexibility index (Phi) is 5.71. The molecular weight excluding hydrogens is 294 g/mol. The molecule has 0 atom stereocenters. The molecule has 0 aliphatic heterocycles. The summed E-state index contributed by atoms with van der Waals surface area (Å²) < 4.78 is 0. The van der Waals surface area contributed by atoms with Crippen LogP contribution in [0, 0.1) is 0 Å². The van der Waals surface area contributed by atoms with Crippen molar-refractivity contribution in [1.29, 1.82) is 0 Å². The predicted molar refractivity (Wildman–Crippen MR) is 90.0 cm³/mol. The lowest BCUT2D eigenvalue weighted by atomic mass is 10.2. The number of carbonyl (C=O) groups is 1. The van der Waals surface area contributed by atoms with Gasteiger partial charge in [-0.3, -0.25) is 4.79 Å². The second-order valence-electron chi connectivity index (χ2n) is 4.95. The normalized spacial score (nSPS) is 10.7. The van der Waals surface area contributed by atoms with E-state index in [4.69, 9.17) is 5.11 Å². The summed E-state index contributed by atoms with van der Waals surface area (Å²) in [6.45, 7) is 0.655. The molecule has 0 aliphatic carbocycles. The van der Waals surface area contributed by atoms with Crippen LogP contribution in [0.15, 0.2) is 53.6 Å². The van der Waals surface area contributed by atoms with Gasteiger partial charge in [0.05, 0.1) is 18.4 Å². The highest BCUT2D eigenvalue weighted by atomic mass is 16.3. The van der Waals surface area contributed by atoms with Crippen molar-refractivity contribution in [2.45, 2.75) is 0 Å². The number of aliphatic hydroxyl groups is 1. The Morgan fingerprint density at radius 1 is 1.22 bits per heavy atom. The summed E-state index contributed by atoms with van der Waals surface area (Å²) in [5, 5.41) is 22.4. The summed E-state index contributed by atoms with van der Waals surface area (Å²) in [6, 6.07) is 13.8. The number of hydrogen-bond acceptors (Lipinski definition) is 5. The van der Waals surface area contributed by atoms with Gasteiger partial charge in [-0.1, -0.05) is 24.3 Å². The first-order valence-corrected chi connectivity index (χ1v) is 7.15. The van der Waals surface area contributed by atoms with Gasteiger partial charge in [-0.25, -0.2) is 5.43 Å². The van der Waals surface area contributed by atoms with Crippen LogP contribution in [-0.2, 0) is 0 Å². The molecule has 0 aliphatic rings. The summed E-state index contributed by atoms with van der Waals surface area (Å²) in [6.07, 6.45) is 1.52. The monoisotopic (exact) mass is 313 g/mol. The second-order valence-corrected chi connectivity index (χ2v) is 4.95. The zero-order valence-electron chi connectivity index (χ0n) is 12.8. The number of hydrazone groups is 1. The Balaban J connectivity index is 1.95. The number of likely N-dealkylation sites (N-methyl/N-ethyl adjacent to an activating group) is 1. The molecule has 0 bridgehead atoms. The fraction of sp³-hybridized carbons (Fsp3) is 0.176. The Morgan fingerprint density at radius 2 is 1.91 bits per heavy atom. The number of phenolic OH excluding ortho intramolecular Hbond substituents is 1. The number of aliphatic hydroxyl groups excluding tert-OH is 1. The summed E-state index contributed by atoms with van der Waals surface area (Å²) in [5.41, 5.74) is 4.35. The molecule has 0 unspecified atom stereocenters. The minimum absolute atomic E-state index is 0.0866. The van der Waals surface area contributed by atoms with Crippen LogP contribution in [0.1, 0.15) is 15.9 Å². The summed E-state index contributed by atoms with van der Waals surface area (Å²) in [5.74, 6) is -0.560. The van der Waals surface area contributed by atoms with Gasteiger partial charge in [0, 0.05) is 19.3 Å². The summed E-state index contributed by atoms with van der Waals surface area (Å²) in [4.78, 5) is 13.8. The van der Waals surface area contributed by atoms with Crippen molar-refractivity contribution in [3.8, 4) is 5.75 Å². The van der Waals surface area contributed by atoms with E-state index in [0.29, 0.717) is 6.54 Å². The quantitative estimate of drug-likeness (QED) is 0.558. The van der Waals surface area contributed by atoms with Crippen LogP contribution in [0.2, 0.25) is 0 Å². The van der Waals surface area contributed by atoms with E-state index in [-0.39, 0.29) is 17.9 Å². The molecule has 3 N–H and O–H groups in total. The minimum atomic E-state index is -0.473. The van der Waals surface area contributed by atoms with Gasteiger partial charge in [-0.2, -0.15) is 5.10 Å². The molecule has 0 aromatic heterocycles. The molecule has 6 nitrogen and oxygen atoms in total. The number of amides is 1. The molecule has 0 fully saturated rings. The van der Waals surface area contributed by atoms with Crippen molar-refractivity contribution in [2.24, 2.45) is 5.10 Å². The first kappa shape index (κ1) is 16.5. The highest BCUT2D eigenvalue weighted by Gasteiger charge is 2.08. The molecule has 2 rings (SSSR count). The topological polar surface area (TPSA) is 85.2 Å². The number of nitrogens with zero attached hydrogens (tertiary/aromatic N) is 2. The Hall–Kier alpha value is -2.86. The lowest BCUT2D eigenvalue weighted by Gasteiger charge is -2.17. The van der Waals surface area contributed by atoms with Crippen LogP contribution in [0.3, 0.4) is 0 Å². The van der Waals surface area contributed by atoms with Crippen LogP contribution < -0.4 is 10.3 Å². The summed E-state index contributed by atoms with van der Waals surface area (Å²) in [7, 11) is 1.89. The molecule has 0 saturated carbocycles. The number of rotatable bonds is 6. The van der Waals surface area contributed by atoms with E-state index in [0.717, 1.165) is 11.3 Å². The van der Waals surface area contributed by atoms with Crippen LogP contribution in [0.4, 0.5) is 5.69 Å². The van der Waals surface area contributed by atoms with Gasteiger partial charge < -0.3 is 15.1 Å². The smallest absolute Gasteiger partial charge is 0.275 e. The molecule has 120 valence electrons. The second kappa shape index (κ2) is 7.95. The molecule has 0 heterocycles. The minimum Gasteiger partial charge on any atom is -0.507 e. The zero-order chi connectivity index (χ0) is 16.7. The maximum atomic E-state index is 11.9. The van der Waals surface area contributed by atoms with Gasteiger partial charge in [0.2, 0.25) is 0 Å². The van der Waals surface area contributed by atoms with E-state index in [1.807, 2.05) is 36.2 Å². The molecular formula is C17H19N3O3. The average Bonchev–Trinajstić information content (AvgIpc) is 2.56. The number of hydrogen-bond donors (Lipinski definition) is 3.